The zero-order valence-corrected chi connectivity index (χ0v) is 20.4. The van der Waals surface area contributed by atoms with Crippen LogP contribution in [0.4, 0.5) is 10.5 Å². The van der Waals surface area contributed by atoms with Crippen LogP contribution in [0.25, 0.3) is 0 Å². The lowest BCUT2D eigenvalue weighted by atomic mass is 9.76. The van der Waals surface area contributed by atoms with Gasteiger partial charge in [-0.25, -0.2) is 13.2 Å². The number of sulfonamides is 1. The highest BCUT2D eigenvalue weighted by Crippen LogP contribution is 2.39. The van der Waals surface area contributed by atoms with E-state index in [-0.39, 0.29) is 29.3 Å². The van der Waals surface area contributed by atoms with Crippen molar-refractivity contribution in [3.63, 3.8) is 0 Å². The highest BCUT2D eigenvalue weighted by atomic mass is 32.2. The first-order chi connectivity index (χ1) is 15.8. The average Bonchev–Trinajstić information content (AvgIpc) is 2.84. The molecule has 1 saturated carbocycles. The first-order valence-electron chi connectivity index (χ1n) is 12.1. The maximum atomic E-state index is 13.7. The van der Waals surface area contributed by atoms with E-state index in [4.69, 9.17) is 0 Å². The lowest BCUT2D eigenvalue weighted by molar-refractivity contribution is -0.146. The molecule has 9 heteroatoms. The van der Waals surface area contributed by atoms with E-state index in [9.17, 15) is 18.0 Å². The number of likely N-dealkylation sites (tertiary alicyclic amines) is 1. The van der Waals surface area contributed by atoms with Crippen LogP contribution in [0.15, 0.2) is 29.2 Å². The number of piperidine rings is 2. The number of carbonyl (C=O) groups is 2. The molecule has 33 heavy (non-hydrogen) atoms. The lowest BCUT2D eigenvalue weighted by Gasteiger charge is -2.49. The highest BCUT2D eigenvalue weighted by Gasteiger charge is 2.43. The summed E-state index contributed by atoms with van der Waals surface area (Å²) in [4.78, 5) is 27.3. The molecule has 3 aliphatic rings. The predicted octanol–water partition coefficient (Wildman–Crippen LogP) is 3.84. The van der Waals surface area contributed by atoms with Crippen LogP contribution < -0.4 is 5.32 Å². The minimum Gasteiger partial charge on any atom is -0.453 e. The van der Waals surface area contributed by atoms with Gasteiger partial charge in [0, 0.05) is 30.9 Å². The van der Waals surface area contributed by atoms with Crippen molar-refractivity contribution in [3.05, 3.63) is 24.3 Å². The molecular formula is C24H35N3O5S. The van der Waals surface area contributed by atoms with Crippen LogP contribution in [0.5, 0.6) is 0 Å². The Balaban J connectivity index is 1.47. The molecule has 1 aliphatic carbocycles. The smallest absolute Gasteiger partial charge is 0.411 e. The van der Waals surface area contributed by atoms with Crippen LogP contribution in [0.2, 0.25) is 0 Å². The fraction of sp³-hybridized carbons (Fsp3) is 0.667. The molecule has 8 nitrogen and oxygen atoms in total. The van der Waals surface area contributed by atoms with Crippen molar-refractivity contribution in [3.8, 4) is 0 Å². The molecule has 4 rings (SSSR count). The number of nitrogens with one attached hydrogen (secondary N) is 1. The van der Waals surface area contributed by atoms with Crippen LogP contribution in [0.1, 0.15) is 58.3 Å². The summed E-state index contributed by atoms with van der Waals surface area (Å²) < 4.78 is 32.6. The first-order valence-corrected chi connectivity index (χ1v) is 13.5. The van der Waals surface area contributed by atoms with E-state index in [2.05, 4.69) is 21.9 Å². The molecule has 4 atom stereocenters. The molecule has 1 aromatic carbocycles. The fourth-order valence-corrected chi connectivity index (χ4v) is 7.32. The van der Waals surface area contributed by atoms with Crippen molar-refractivity contribution in [2.45, 2.75) is 75.3 Å². The van der Waals surface area contributed by atoms with E-state index >= 15 is 0 Å². The Bertz CT molecular complexity index is 965. The summed E-state index contributed by atoms with van der Waals surface area (Å²) in [5.74, 6) is 0.438. The fourth-order valence-electron chi connectivity index (χ4n) is 5.79. The Morgan fingerprint density at radius 1 is 1.00 bits per heavy atom. The molecule has 3 fully saturated rings. The number of fused-ring (bicyclic) bond motifs is 1. The van der Waals surface area contributed by atoms with Gasteiger partial charge in [-0.15, -0.1) is 0 Å². The molecule has 0 spiro atoms. The second kappa shape index (κ2) is 10.0. The molecule has 2 aliphatic heterocycles. The van der Waals surface area contributed by atoms with Crippen LogP contribution in [0, 0.1) is 11.8 Å². The molecule has 2 amide bonds. The minimum absolute atomic E-state index is 0.136. The van der Waals surface area contributed by atoms with Crippen LogP contribution in [-0.4, -0.2) is 61.9 Å². The van der Waals surface area contributed by atoms with Gasteiger partial charge in [0.1, 0.15) is 0 Å². The number of anilines is 1. The van der Waals surface area contributed by atoms with Crippen LogP contribution >= 0.6 is 0 Å². The third-order valence-electron chi connectivity index (χ3n) is 7.57. The number of amides is 2. The molecule has 2 saturated heterocycles. The van der Waals surface area contributed by atoms with E-state index in [0.717, 1.165) is 19.3 Å². The largest absolute Gasteiger partial charge is 0.453 e. The molecule has 1 aromatic rings. The number of rotatable bonds is 4. The number of ether oxygens (including phenoxy) is 1. The van der Waals surface area contributed by atoms with E-state index in [1.807, 2.05) is 0 Å². The van der Waals surface area contributed by atoms with Crippen molar-refractivity contribution in [2.24, 2.45) is 11.8 Å². The van der Waals surface area contributed by atoms with Gasteiger partial charge in [-0.3, -0.25) is 10.1 Å². The third kappa shape index (κ3) is 5.04. The maximum absolute atomic E-state index is 13.7. The molecular weight excluding hydrogens is 442 g/mol. The van der Waals surface area contributed by atoms with Crippen molar-refractivity contribution in [2.75, 3.05) is 25.5 Å². The molecule has 0 radical (unpaired) electrons. The summed E-state index contributed by atoms with van der Waals surface area (Å²) in [6.45, 7) is 2.78. The van der Waals surface area contributed by atoms with Gasteiger partial charge in [-0.05, 0) is 75.6 Å². The molecule has 1 N–H and O–H groups in total. The molecule has 0 aromatic heterocycles. The summed E-state index contributed by atoms with van der Waals surface area (Å²) in [5, 5.41) is 2.52. The Labute approximate surface area is 196 Å². The average molecular weight is 478 g/mol. The number of hydrogen-bond acceptors (Lipinski definition) is 5. The predicted molar refractivity (Wildman–Crippen MR) is 125 cm³/mol. The van der Waals surface area contributed by atoms with E-state index in [1.54, 1.807) is 0 Å². The molecule has 2 heterocycles. The van der Waals surface area contributed by atoms with Gasteiger partial charge in [0.2, 0.25) is 15.9 Å². The van der Waals surface area contributed by atoms with Gasteiger partial charge >= 0.3 is 6.09 Å². The van der Waals surface area contributed by atoms with Gasteiger partial charge in [0.25, 0.3) is 0 Å². The zero-order chi connectivity index (χ0) is 23.6. The molecule has 0 bridgehead atoms. The van der Waals surface area contributed by atoms with Gasteiger partial charge in [-0.2, -0.15) is 4.31 Å². The second-order valence-corrected chi connectivity index (χ2v) is 11.6. The maximum Gasteiger partial charge on any atom is 0.411 e. The standard InChI is InChI=1S/C24H35N3O5S/c1-17-9-10-18-6-3-4-8-22(18)27(17)23(28)19-7-5-15-26(16-19)33(30,31)21-13-11-20(12-14-21)25-24(29)32-2/h11-14,17-19,22H,3-10,15-16H2,1-2H3,(H,25,29)/t17-,18-,19-,22-/m1/s1. The van der Waals surface area contributed by atoms with Gasteiger partial charge in [-0.1, -0.05) is 12.8 Å². The Morgan fingerprint density at radius 2 is 1.73 bits per heavy atom. The van der Waals surface area contributed by atoms with Crippen molar-refractivity contribution >= 4 is 27.7 Å². The summed E-state index contributed by atoms with van der Waals surface area (Å²) in [5.41, 5.74) is 0.452. The zero-order valence-electron chi connectivity index (χ0n) is 19.5. The number of benzene rings is 1. The van der Waals surface area contributed by atoms with Crippen molar-refractivity contribution in [1.82, 2.24) is 9.21 Å². The number of nitrogens with zero attached hydrogens (tertiary/aromatic N) is 2. The van der Waals surface area contributed by atoms with E-state index < -0.39 is 16.1 Å². The SMILES string of the molecule is COC(=O)Nc1ccc(S(=O)(=O)N2CCC[C@@H](C(=O)N3[C@H](C)CC[C@H]4CCCC[C@H]43)C2)cc1. The van der Waals surface area contributed by atoms with Crippen molar-refractivity contribution < 1.29 is 22.7 Å². The first kappa shape index (κ1) is 24.0. The summed E-state index contributed by atoms with van der Waals surface area (Å²) in [6.07, 6.45) is 7.71. The summed E-state index contributed by atoms with van der Waals surface area (Å²) in [7, 11) is -2.46. The normalized spacial score (nSPS) is 28.6. The molecule has 0 unspecified atom stereocenters. The lowest BCUT2D eigenvalue weighted by Crippen LogP contribution is -2.57. The van der Waals surface area contributed by atoms with Crippen molar-refractivity contribution in [1.29, 1.82) is 0 Å². The minimum atomic E-state index is -3.73. The van der Waals surface area contributed by atoms with Gasteiger partial charge in [0.05, 0.1) is 17.9 Å². The monoisotopic (exact) mass is 477 g/mol. The highest BCUT2D eigenvalue weighted by molar-refractivity contribution is 7.89. The Kier molecular flexibility index (Phi) is 7.28. The number of methoxy groups -OCH3 is 1. The quantitative estimate of drug-likeness (QED) is 0.711. The Hall–Kier alpha value is -2.13. The third-order valence-corrected chi connectivity index (χ3v) is 9.45. The van der Waals surface area contributed by atoms with E-state index in [0.29, 0.717) is 30.6 Å². The number of hydrogen-bond donors (Lipinski definition) is 1. The number of carbonyl (C=O) groups excluding carboxylic acids is 2. The molecule has 182 valence electrons. The van der Waals surface area contributed by atoms with Crippen LogP contribution in [0.3, 0.4) is 0 Å². The van der Waals surface area contributed by atoms with Crippen LogP contribution in [-0.2, 0) is 19.6 Å². The summed E-state index contributed by atoms with van der Waals surface area (Å²) in [6, 6.07) is 6.57. The topological polar surface area (TPSA) is 96.0 Å². The summed E-state index contributed by atoms with van der Waals surface area (Å²) >= 11 is 0. The Morgan fingerprint density at radius 3 is 2.45 bits per heavy atom. The second-order valence-electron chi connectivity index (χ2n) is 9.63. The van der Waals surface area contributed by atoms with Gasteiger partial charge < -0.3 is 9.64 Å². The van der Waals surface area contributed by atoms with Gasteiger partial charge in [0.15, 0.2) is 0 Å². The van der Waals surface area contributed by atoms with E-state index in [1.165, 1.54) is 61.4 Å².